The molecule has 6 heteroatoms. The van der Waals surface area contributed by atoms with Gasteiger partial charge in [0.05, 0.1) is 16.3 Å². The standard InChI is InChI=1S/C14H11BN2O3/c16-14(18)13-9-5-1-3-7-11(9)17(15(19)20)12-8-4-2-6-10(12)13/h1-8,19-20H,(H-,16,18)/p+1. The Balaban J connectivity index is 2.65. The molecule has 1 aromatic heterocycles. The van der Waals surface area contributed by atoms with E-state index in [0.717, 1.165) is 0 Å². The highest BCUT2D eigenvalue weighted by molar-refractivity contribution is 6.32. The molecule has 3 aromatic rings. The third kappa shape index (κ3) is 1.74. The molecule has 98 valence electrons. The number of fused-ring (bicyclic) bond motifs is 2. The fourth-order valence-corrected chi connectivity index (χ4v) is 2.58. The van der Waals surface area contributed by atoms with Gasteiger partial charge in [-0.1, -0.05) is 24.3 Å². The van der Waals surface area contributed by atoms with Gasteiger partial charge in [0.1, 0.15) is 0 Å². The van der Waals surface area contributed by atoms with Crippen LogP contribution in [0.5, 0.6) is 0 Å². The second-order valence-electron chi connectivity index (χ2n) is 4.49. The lowest BCUT2D eigenvalue weighted by Crippen LogP contribution is -2.53. The highest BCUT2D eigenvalue weighted by Gasteiger charge is 2.33. The maximum atomic E-state index is 11.8. The first-order valence-electron chi connectivity index (χ1n) is 6.12. The van der Waals surface area contributed by atoms with E-state index < -0.39 is 13.2 Å². The number of aromatic nitrogens is 1. The third-order valence-corrected chi connectivity index (χ3v) is 3.34. The van der Waals surface area contributed by atoms with Crippen molar-refractivity contribution in [1.82, 2.24) is 0 Å². The van der Waals surface area contributed by atoms with E-state index in [9.17, 15) is 14.8 Å². The van der Waals surface area contributed by atoms with Gasteiger partial charge in [-0.15, -0.1) is 0 Å². The zero-order valence-electron chi connectivity index (χ0n) is 10.5. The van der Waals surface area contributed by atoms with Crippen LogP contribution in [-0.4, -0.2) is 23.2 Å². The minimum Gasteiger partial charge on any atom is -0.366 e. The number of primary amides is 1. The predicted molar refractivity (Wildman–Crippen MR) is 75.8 cm³/mol. The van der Waals surface area contributed by atoms with Crippen molar-refractivity contribution in [2.45, 2.75) is 0 Å². The van der Waals surface area contributed by atoms with E-state index in [1.807, 2.05) is 0 Å². The number of carbonyl (C=O) groups excluding carboxylic acids is 1. The largest absolute Gasteiger partial charge is 0.844 e. The average Bonchev–Trinajstić information content (AvgIpc) is 2.43. The number of hydrogen-bond acceptors (Lipinski definition) is 3. The number of hydrogen-bond donors (Lipinski definition) is 3. The first-order chi connectivity index (χ1) is 9.61. The Morgan fingerprint density at radius 2 is 1.40 bits per heavy atom. The van der Waals surface area contributed by atoms with E-state index in [1.165, 1.54) is 4.48 Å². The van der Waals surface area contributed by atoms with E-state index in [4.69, 9.17) is 5.73 Å². The Morgan fingerprint density at radius 3 is 1.80 bits per heavy atom. The van der Waals surface area contributed by atoms with Crippen molar-refractivity contribution in [2.75, 3.05) is 0 Å². The molecule has 0 atom stereocenters. The normalized spacial score (nSPS) is 10.9. The van der Waals surface area contributed by atoms with Crippen LogP contribution in [0.3, 0.4) is 0 Å². The molecule has 0 unspecified atom stereocenters. The van der Waals surface area contributed by atoms with E-state index in [-0.39, 0.29) is 0 Å². The van der Waals surface area contributed by atoms with Crippen molar-refractivity contribution in [3.63, 3.8) is 0 Å². The first kappa shape index (κ1) is 12.6. The molecule has 0 radical (unpaired) electrons. The summed E-state index contributed by atoms with van der Waals surface area (Å²) in [5, 5.41) is 20.5. The minimum absolute atomic E-state index is 0.383. The van der Waals surface area contributed by atoms with Gasteiger partial charge in [-0.05, 0) is 12.1 Å². The fraction of sp³-hybridized carbons (Fsp3) is 0. The molecule has 0 saturated heterocycles. The Hall–Kier alpha value is -2.44. The molecule has 3 rings (SSSR count). The highest BCUT2D eigenvalue weighted by Crippen LogP contribution is 2.24. The van der Waals surface area contributed by atoms with Crippen molar-refractivity contribution in [3.8, 4) is 0 Å². The monoisotopic (exact) mass is 267 g/mol. The summed E-state index contributed by atoms with van der Waals surface area (Å²) in [6.45, 7) is 0. The van der Waals surface area contributed by atoms with E-state index in [1.54, 1.807) is 48.5 Å². The highest BCUT2D eigenvalue weighted by atomic mass is 16.4. The molecular weight excluding hydrogens is 255 g/mol. The summed E-state index contributed by atoms with van der Waals surface area (Å²) in [6.07, 6.45) is 0. The summed E-state index contributed by atoms with van der Waals surface area (Å²) in [7, 11) is -1.70. The average molecular weight is 267 g/mol. The summed E-state index contributed by atoms with van der Waals surface area (Å²) in [4.78, 5) is 11.8. The van der Waals surface area contributed by atoms with E-state index in [2.05, 4.69) is 0 Å². The van der Waals surface area contributed by atoms with Crippen LogP contribution in [0, 0.1) is 0 Å². The van der Waals surface area contributed by atoms with Crippen molar-refractivity contribution >= 4 is 35.0 Å². The Bertz CT molecular complexity index is 776. The molecule has 4 N–H and O–H groups in total. The lowest BCUT2D eigenvalue weighted by atomic mass is 9.97. The van der Waals surface area contributed by atoms with Crippen molar-refractivity contribution in [3.05, 3.63) is 54.1 Å². The summed E-state index contributed by atoms with van der Waals surface area (Å²) in [5.74, 6) is -0.544. The fourth-order valence-electron chi connectivity index (χ4n) is 2.58. The molecular formula is C14H12BN2O3+. The maximum absolute atomic E-state index is 11.8. The van der Waals surface area contributed by atoms with Crippen LogP contribution in [0.1, 0.15) is 10.4 Å². The van der Waals surface area contributed by atoms with Gasteiger partial charge in [0.25, 0.3) is 0 Å². The molecule has 0 aliphatic rings. The minimum atomic E-state index is -1.70. The summed E-state index contributed by atoms with van der Waals surface area (Å²) >= 11 is 0. The summed E-state index contributed by atoms with van der Waals surface area (Å²) < 4.78 is 1.36. The third-order valence-electron chi connectivity index (χ3n) is 3.34. The van der Waals surface area contributed by atoms with E-state index >= 15 is 0 Å². The number of benzene rings is 2. The Kier molecular flexibility index (Phi) is 2.89. The number of nitrogens with two attached hydrogens (primary N) is 1. The molecule has 0 spiro atoms. The zero-order chi connectivity index (χ0) is 14.3. The van der Waals surface area contributed by atoms with Crippen molar-refractivity contribution < 1.29 is 19.3 Å². The summed E-state index contributed by atoms with van der Waals surface area (Å²) in [5.41, 5.74) is 6.96. The van der Waals surface area contributed by atoms with Gasteiger partial charge < -0.3 is 15.8 Å². The number of pyridine rings is 1. The second-order valence-corrected chi connectivity index (χ2v) is 4.49. The number of rotatable bonds is 2. The molecule has 0 aliphatic heterocycles. The van der Waals surface area contributed by atoms with Crippen LogP contribution in [0.4, 0.5) is 0 Å². The number of nitrogens with zero attached hydrogens (tertiary/aromatic N) is 1. The van der Waals surface area contributed by atoms with E-state index in [0.29, 0.717) is 27.4 Å². The van der Waals surface area contributed by atoms with Crippen LogP contribution >= 0.6 is 0 Å². The van der Waals surface area contributed by atoms with Gasteiger partial charge in [-0.2, -0.15) is 0 Å². The van der Waals surface area contributed by atoms with Crippen molar-refractivity contribution in [2.24, 2.45) is 5.73 Å². The molecule has 1 amide bonds. The number of amides is 1. The molecule has 20 heavy (non-hydrogen) atoms. The van der Waals surface area contributed by atoms with Gasteiger partial charge in [0.15, 0.2) is 11.0 Å². The van der Waals surface area contributed by atoms with Gasteiger partial charge in [-0.25, -0.2) is 4.48 Å². The smallest absolute Gasteiger partial charge is 0.366 e. The van der Waals surface area contributed by atoms with Gasteiger partial charge in [0.2, 0.25) is 5.91 Å². The SMILES string of the molecule is NC(=O)c1c2ccccc2[n+](B(O)O)c2ccccc12. The van der Waals surface area contributed by atoms with Gasteiger partial charge in [0, 0.05) is 12.1 Å². The first-order valence-corrected chi connectivity index (χ1v) is 6.12. The Labute approximate surface area is 115 Å². The Morgan fingerprint density at radius 1 is 0.950 bits per heavy atom. The second kappa shape index (κ2) is 4.59. The zero-order valence-corrected chi connectivity index (χ0v) is 10.5. The van der Waals surface area contributed by atoms with Crippen LogP contribution < -0.4 is 10.2 Å². The number of carbonyl (C=O) groups is 1. The molecule has 0 bridgehead atoms. The van der Waals surface area contributed by atoms with Crippen LogP contribution in [0.15, 0.2) is 48.5 Å². The van der Waals surface area contributed by atoms with Gasteiger partial charge in [-0.3, -0.25) is 4.79 Å². The predicted octanol–water partition coefficient (Wildman–Crippen LogP) is 0.197. The molecule has 0 saturated carbocycles. The lowest BCUT2D eigenvalue weighted by molar-refractivity contribution is -0.505. The van der Waals surface area contributed by atoms with Crippen LogP contribution in [0.25, 0.3) is 21.8 Å². The quantitative estimate of drug-likeness (QED) is 0.457. The molecule has 0 aliphatic carbocycles. The molecule has 0 fully saturated rings. The van der Waals surface area contributed by atoms with Gasteiger partial charge >= 0.3 is 7.25 Å². The molecule has 5 nitrogen and oxygen atoms in total. The lowest BCUT2D eigenvalue weighted by Gasteiger charge is -2.09. The molecule has 1 heterocycles. The van der Waals surface area contributed by atoms with Crippen LogP contribution in [0.2, 0.25) is 0 Å². The number of para-hydroxylation sites is 2. The van der Waals surface area contributed by atoms with Crippen LogP contribution in [-0.2, 0) is 0 Å². The summed E-state index contributed by atoms with van der Waals surface area (Å²) in [6, 6.07) is 14.0. The maximum Gasteiger partial charge on any atom is 0.844 e. The topological polar surface area (TPSA) is 87.4 Å². The van der Waals surface area contributed by atoms with Crippen molar-refractivity contribution in [1.29, 1.82) is 0 Å². The molecule has 2 aromatic carbocycles.